The van der Waals surface area contributed by atoms with Crippen LogP contribution >= 0.6 is 11.6 Å². The van der Waals surface area contributed by atoms with Crippen LogP contribution in [-0.4, -0.2) is 86.5 Å². The standard InChI is InChI=1S/C24H21N7O.C18H14ClN5O.C6H8N2.C3H8O2/c1-3-10-31-14-19-22(21-18-12-17(25-2)5-4-16(18)11-20(21)32)28-24(29-23(19)30-31)27-13-15-6-8-26-9-7-15;1-3-6-24-9-13-16(21-18(19)22-17(13)23-24)15-12-8-11(20-2)5-4-10(12)7-14(15)25;7-5-6-1-3-8-4-2-6;1-5-3-2-4/h4-9,12,14,21H,3,10-11,13H2,1H3,(H,27,29,30);4-5,8-9,15H,3,6-7H2,1H3;1-4H,5,7H2;4H,2-3H2,1H3. The van der Waals surface area contributed by atoms with Gasteiger partial charge in [-0.05, 0) is 82.1 Å². The normalized spacial score (nSPS) is 14.3. The van der Waals surface area contributed by atoms with Crippen LogP contribution in [0.5, 0.6) is 0 Å². The number of hydrogen-bond donors (Lipinski definition) is 3. The number of aliphatic hydroxyl groups excluding tert-OH is 1. The van der Waals surface area contributed by atoms with E-state index in [1.165, 1.54) is 0 Å². The van der Waals surface area contributed by atoms with Crippen molar-refractivity contribution in [2.24, 2.45) is 5.73 Å². The van der Waals surface area contributed by atoms with Gasteiger partial charge in [-0.15, -0.1) is 0 Å². The van der Waals surface area contributed by atoms with Crippen molar-refractivity contribution < 1.29 is 19.4 Å². The number of ketones is 2. The van der Waals surface area contributed by atoms with Crippen molar-refractivity contribution in [2.45, 2.75) is 77.5 Å². The Balaban J connectivity index is 0.000000167. The number of methoxy groups -OCH3 is 1. The maximum absolute atomic E-state index is 13.1. The molecule has 0 amide bonds. The van der Waals surface area contributed by atoms with Crippen molar-refractivity contribution in [1.82, 2.24) is 49.5 Å². The van der Waals surface area contributed by atoms with Crippen molar-refractivity contribution in [3.05, 3.63) is 171 Å². The third kappa shape index (κ3) is 11.9. The number of nitrogens with zero attached hydrogens (tertiary/aromatic N) is 12. The number of fused-ring (bicyclic) bond motifs is 4. The minimum atomic E-state index is -0.530. The van der Waals surface area contributed by atoms with E-state index in [0.29, 0.717) is 72.5 Å². The Morgan fingerprint density at radius 1 is 0.743 bits per heavy atom. The zero-order valence-corrected chi connectivity index (χ0v) is 39.7. The van der Waals surface area contributed by atoms with E-state index in [4.69, 9.17) is 40.6 Å². The van der Waals surface area contributed by atoms with Gasteiger partial charge >= 0.3 is 0 Å². The number of ether oxygens (including phenoxy) is 1. The Morgan fingerprint density at radius 3 is 1.69 bits per heavy atom. The third-order valence-corrected chi connectivity index (χ3v) is 11.5. The topological polar surface area (TPSA) is 223 Å². The lowest BCUT2D eigenvalue weighted by Crippen LogP contribution is -2.13. The minimum absolute atomic E-state index is 0.0523. The molecular weight excluding hydrogens is 908 g/mol. The Morgan fingerprint density at radius 2 is 1.24 bits per heavy atom. The molecule has 70 heavy (non-hydrogen) atoms. The third-order valence-electron chi connectivity index (χ3n) is 11.3. The second kappa shape index (κ2) is 23.9. The minimum Gasteiger partial charge on any atom is -0.394 e. The molecule has 0 fully saturated rings. The van der Waals surface area contributed by atoms with E-state index in [-0.39, 0.29) is 23.5 Å². The molecule has 8 aromatic rings. The number of nitrogens with two attached hydrogens (primary N) is 1. The van der Waals surface area contributed by atoms with Gasteiger partial charge < -0.3 is 20.9 Å². The second-order valence-corrected chi connectivity index (χ2v) is 16.5. The molecule has 2 unspecified atom stereocenters. The van der Waals surface area contributed by atoms with Gasteiger partial charge in [-0.25, -0.2) is 19.7 Å². The molecule has 10 rings (SSSR count). The fourth-order valence-electron chi connectivity index (χ4n) is 8.11. The highest BCUT2D eigenvalue weighted by Crippen LogP contribution is 2.41. The lowest BCUT2D eigenvalue weighted by molar-refractivity contribution is -0.119. The van der Waals surface area contributed by atoms with Gasteiger partial charge in [0.05, 0.1) is 60.4 Å². The number of rotatable bonds is 12. The maximum Gasteiger partial charge on any atom is 0.225 e. The van der Waals surface area contributed by atoms with Gasteiger partial charge in [-0.1, -0.05) is 50.2 Å². The van der Waals surface area contributed by atoms with Gasteiger partial charge in [-0.3, -0.25) is 28.9 Å². The van der Waals surface area contributed by atoms with Crippen molar-refractivity contribution in [2.75, 3.05) is 25.6 Å². The van der Waals surface area contributed by atoms with Crippen LogP contribution in [0.2, 0.25) is 5.28 Å². The van der Waals surface area contributed by atoms with E-state index in [1.807, 2.05) is 59.5 Å². The zero-order valence-electron chi connectivity index (χ0n) is 39.0. The highest BCUT2D eigenvalue weighted by atomic mass is 35.5. The van der Waals surface area contributed by atoms with Gasteiger partial charge in [-0.2, -0.15) is 20.2 Å². The monoisotopic (exact) mass is 958 g/mol. The van der Waals surface area contributed by atoms with Crippen LogP contribution in [0.1, 0.15) is 83.3 Å². The number of benzene rings is 2. The molecule has 2 aliphatic rings. The summed E-state index contributed by atoms with van der Waals surface area (Å²) in [5.74, 6) is -0.507. The number of anilines is 1. The second-order valence-electron chi connectivity index (χ2n) is 16.2. The number of Topliss-reactive ketones (excluding diaryl/α,β-unsaturated/α-hetero) is 2. The van der Waals surface area contributed by atoms with Crippen LogP contribution < -0.4 is 11.1 Å². The van der Waals surface area contributed by atoms with Gasteiger partial charge in [0.2, 0.25) is 11.2 Å². The summed E-state index contributed by atoms with van der Waals surface area (Å²) >= 11 is 6.09. The number of aliphatic hydroxyl groups is 1. The highest BCUT2D eigenvalue weighted by molar-refractivity contribution is 6.28. The van der Waals surface area contributed by atoms with Crippen molar-refractivity contribution >= 4 is 62.6 Å². The number of pyridine rings is 2. The highest BCUT2D eigenvalue weighted by Gasteiger charge is 2.36. The van der Waals surface area contributed by atoms with Crippen LogP contribution in [-0.2, 0) is 53.3 Å². The molecule has 2 aliphatic carbocycles. The van der Waals surface area contributed by atoms with Gasteiger partial charge in [0.25, 0.3) is 0 Å². The number of halogens is 1. The Hall–Kier alpha value is -7.87. The predicted molar refractivity (Wildman–Crippen MR) is 265 cm³/mol. The van der Waals surface area contributed by atoms with E-state index in [0.717, 1.165) is 70.1 Å². The van der Waals surface area contributed by atoms with Crippen LogP contribution in [0.15, 0.2) is 97.8 Å². The molecule has 2 aromatic carbocycles. The quantitative estimate of drug-likeness (QED) is 0.0782. The number of carbonyl (C=O) groups is 2. The smallest absolute Gasteiger partial charge is 0.225 e. The van der Waals surface area contributed by atoms with Crippen LogP contribution in [0.4, 0.5) is 17.3 Å². The Labute approximate surface area is 409 Å². The first-order chi connectivity index (χ1) is 34.1. The van der Waals surface area contributed by atoms with Gasteiger partial charge in [0.1, 0.15) is 0 Å². The molecule has 0 radical (unpaired) electrons. The van der Waals surface area contributed by atoms with Crippen LogP contribution in [0.25, 0.3) is 31.8 Å². The summed E-state index contributed by atoms with van der Waals surface area (Å²) < 4.78 is 8.09. The summed E-state index contributed by atoms with van der Waals surface area (Å²) in [4.78, 5) is 58.7. The first-order valence-corrected chi connectivity index (χ1v) is 23.0. The Bertz CT molecular complexity index is 3180. The van der Waals surface area contributed by atoms with Crippen molar-refractivity contribution in [1.29, 1.82) is 0 Å². The molecule has 18 nitrogen and oxygen atoms in total. The maximum atomic E-state index is 13.1. The molecule has 19 heteroatoms. The molecular formula is C51H51ClN14O4. The lowest BCUT2D eigenvalue weighted by atomic mass is 9.94. The fourth-order valence-corrected chi connectivity index (χ4v) is 8.28. The molecule has 0 saturated carbocycles. The van der Waals surface area contributed by atoms with E-state index < -0.39 is 11.8 Å². The summed E-state index contributed by atoms with van der Waals surface area (Å²) in [5, 5.41) is 21.8. The van der Waals surface area contributed by atoms with Crippen molar-refractivity contribution in [3.63, 3.8) is 0 Å². The largest absolute Gasteiger partial charge is 0.394 e. The summed E-state index contributed by atoms with van der Waals surface area (Å²) in [6.45, 7) is 21.9. The van der Waals surface area contributed by atoms with Gasteiger partial charge in [0.15, 0.2) is 34.2 Å². The molecule has 4 N–H and O–H groups in total. The average molecular weight is 960 g/mol. The van der Waals surface area contributed by atoms with E-state index >= 15 is 0 Å². The number of nitrogens with one attached hydrogen (secondary N) is 1. The van der Waals surface area contributed by atoms with Gasteiger partial charge in [0, 0.05) is 83.3 Å². The van der Waals surface area contributed by atoms with Crippen LogP contribution in [0.3, 0.4) is 0 Å². The molecule has 0 spiro atoms. The average Bonchev–Trinajstić information content (AvgIpc) is 4.15. The summed E-state index contributed by atoms with van der Waals surface area (Å²) in [6.07, 6.45) is 13.3. The summed E-state index contributed by atoms with van der Waals surface area (Å²) in [5.41, 5.74) is 14.4. The molecule has 0 aliphatic heterocycles. The molecule has 356 valence electrons. The molecule has 2 atom stereocenters. The Kier molecular flexibility index (Phi) is 17.1. The number of hydrogen-bond acceptors (Lipinski definition) is 14. The first kappa shape index (κ1) is 50.0. The molecule has 6 heterocycles. The van der Waals surface area contributed by atoms with E-state index in [2.05, 4.69) is 68.7 Å². The number of carbonyl (C=O) groups excluding carboxylic acids is 2. The molecule has 0 bridgehead atoms. The number of aromatic nitrogens is 10. The zero-order chi connectivity index (χ0) is 49.6. The van der Waals surface area contributed by atoms with Crippen molar-refractivity contribution in [3.8, 4) is 0 Å². The van der Waals surface area contributed by atoms with E-state index in [9.17, 15) is 9.59 Å². The van der Waals surface area contributed by atoms with E-state index in [1.54, 1.807) is 54.8 Å². The summed E-state index contributed by atoms with van der Waals surface area (Å²) in [7, 11) is 1.55. The first-order valence-electron chi connectivity index (χ1n) is 22.6. The number of aryl methyl sites for hydroxylation is 2. The molecule has 0 saturated heterocycles. The summed E-state index contributed by atoms with van der Waals surface area (Å²) in [6, 6.07) is 18.5. The fraction of sp³-hybridized carbons (Fsp3) is 0.294. The SMILES string of the molecule is COCCO.NCc1ccncc1.[C-]#[N+]c1ccc2c(c1)C(c1nc(Cl)nc3nn(CCC)cc13)C(=O)C2.[C-]#[N+]c1ccc2c(c1)C(c1nc(NCc3ccncc3)nc3nn(CCC)cc13)C(=O)C2. The predicted octanol–water partition coefficient (Wildman–Crippen LogP) is 7.91. The van der Waals surface area contributed by atoms with Crippen LogP contribution in [0, 0.1) is 13.1 Å². The lowest BCUT2D eigenvalue weighted by Gasteiger charge is -2.13. The molecule has 6 aromatic heterocycles.